The molecule has 3 unspecified atom stereocenters. The summed E-state index contributed by atoms with van der Waals surface area (Å²) < 4.78 is 0. The first-order chi connectivity index (χ1) is 25.5. The number of carbonyl (C=O) groups is 1. The number of aliphatic hydroxyl groups is 3. The van der Waals surface area contributed by atoms with Crippen molar-refractivity contribution >= 4 is 5.91 Å². The minimum atomic E-state index is -0.959. The molecule has 52 heavy (non-hydrogen) atoms. The van der Waals surface area contributed by atoms with Gasteiger partial charge < -0.3 is 20.6 Å². The predicted octanol–water partition coefficient (Wildman–Crippen LogP) is 12.9. The minimum absolute atomic E-state index is 0.000589. The third-order valence-electron chi connectivity index (χ3n) is 10.0. The van der Waals surface area contributed by atoms with E-state index in [1.54, 1.807) is 6.08 Å². The van der Waals surface area contributed by atoms with Crippen LogP contribution in [-0.2, 0) is 4.79 Å². The second-order valence-corrected chi connectivity index (χ2v) is 15.3. The van der Waals surface area contributed by atoms with E-state index < -0.39 is 18.2 Å². The summed E-state index contributed by atoms with van der Waals surface area (Å²) in [4.78, 5) is 12.4. The molecule has 304 valence electrons. The van der Waals surface area contributed by atoms with Crippen LogP contribution in [0.2, 0.25) is 0 Å². The van der Waals surface area contributed by atoms with Gasteiger partial charge in [-0.25, -0.2) is 0 Å². The van der Waals surface area contributed by atoms with Crippen molar-refractivity contribution in [2.45, 2.75) is 238 Å². The van der Waals surface area contributed by atoms with Crippen molar-refractivity contribution in [1.29, 1.82) is 0 Å². The molecular weight excluding hydrogens is 643 g/mol. The third kappa shape index (κ3) is 38.0. The van der Waals surface area contributed by atoms with Crippen molar-refractivity contribution in [1.82, 2.24) is 5.32 Å². The fourth-order valence-corrected chi connectivity index (χ4v) is 6.61. The first kappa shape index (κ1) is 50.3. The second-order valence-electron chi connectivity index (χ2n) is 15.3. The molecule has 0 fully saturated rings. The molecule has 0 aromatic carbocycles. The Morgan fingerprint density at radius 3 is 1.31 bits per heavy atom. The molecule has 0 radical (unpaired) electrons. The van der Waals surface area contributed by atoms with Crippen LogP contribution < -0.4 is 5.32 Å². The van der Waals surface area contributed by atoms with Gasteiger partial charge in [-0.15, -0.1) is 0 Å². The Balaban J connectivity index is 3.60. The number of hydrogen-bond donors (Lipinski definition) is 4. The van der Waals surface area contributed by atoms with Crippen LogP contribution in [0.5, 0.6) is 0 Å². The van der Waals surface area contributed by atoms with Gasteiger partial charge in [0.2, 0.25) is 5.91 Å². The fourth-order valence-electron chi connectivity index (χ4n) is 6.61. The number of nitrogens with one attached hydrogen (secondary N) is 1. The lowest BCUT2D eigenvalue weighted by molar-refractivity contribution is -0.124. The van der Waals surface area contributed by atoms with Gasteiger partial charge in [-0.2, -0.15) is 0 Å². The number of rotatable bonds is 40. The Labute approximate surface area is 323 Å². The smallest absolute Gasteiger partial charge is 0.222 e. The van der Waals surface area contributed by atoms with Crippen LogP contribution in [0.15, 0.2) is 48.6 Å². The highest BCUT2D eigenvalue weighted by molar-refractivity contribution is 5.76. The van der Waals surface area contributed by atoms with Crippen LogP contribution in [0.1, 0.15) is 219 Å². The molecule has 0 spiro atoms. The molecule has 1 amide bonds. The van der Waals surface area contributed by atoms with Crippen molar-refractivity contribution in [2.75, 3.05) is 6.61 Å². The number of unbranched alkanes of at least 4 members (excludes halogenated alkanes) is 25. The Hall–Kier alpha value is -1.69. The molecule has 5 heteroatoms. The zero-order valence-electron chi connectivity index (χ0n) is 34.4. The Morgan fingerprint density at radius 2 is 0.865 bits per heavy atom. The van der Waals surface area contributed by atoms with E-state index in [0.29, 0.717) is 6.42 Å². The molecule has 0 aliphatic carbocycles. The summed E-state index contributed by atoms with van der Waals surface area (Å²) in [7, 11) is 0. The van der Waals surface area contributed by atoms with Crippen LogP contribution in [0.25, 0.3) is 0 Å². The average Bonchev–Trinajstić information content (AvgIpc) is 3.14. The normalized spacial score (nSPS) is 14.0. The van der Waals surface area contributed by atoms with Gasteiger partial charge in [0.15, 0.2) is 0 Å². The Kier molecular flexibility index (Phi) is 40.7. The van der Waals surface area contributed by atoms with Gasteiger partial charge in [0, 0.05) is 0 Å². The maximum Gasteiger partial charge on any atom is 0.222 e. The fraction of sp³-hybridized carbons (Fsp3) is 0.809. The van der Waals surface area contributed by atoms with E-state index >= 15 is 0 Å². The highest BCUT2D eigenvalue weighted by Crippen LogP contribution is 2.15. The molecular formula is C47H87NO4. The van der Waals surface area contributed by atoms with E-state index in [9.17, 15) is 20.1 Å². The van der Waals surface area contributed by atoms with Crippen LogP contribution in [0, 0.1) is 0 Å². The molecule has 0 aliphatic heterocycles. The second kappa shape index (κ2) is 42.1. The van der Waals surface area contributed by atoms with Gasteiger partial charge >= 0.3 is 0 Å². The van der Waals surface area contributed by atoms with Crippen molar-refractivity contribution < 1.29 is 20.1 Å². The SMILES string of the molecule is CCC/C=C/CC/C=C/CC/C=C/C(O)C(CO)NC(=O)CC(O)CCCCCCCCCCCC/C=C\CCCCCCCCCCCCCC. The largest absolute Gasteiger partial charge is 0.394 e. The van der Waals surface area contributed by atoms with Crippen LogP contribution in [0.3, 0.4) is 0 Å². The number of amides is 1. The lowest BCUT2D eigenvalue weighted by Crippen LogP contribution is -2.45. The molecule has 0 rings (SSSR count). The first-order valence-electron chi connectivity index (χ1n) is 22.4. The van der Waals surface area contributed by atoms with Crippen molar-refractivity contribution in [2.24, 2.45) is 0 Å². The number of aliphatic hydroxyl groups excluding tert-OH is 3. The predicted molar refractivity (Wildman–Crippen MR) is 227 cm³/mol. The van der Waals surface area contributed by atoms with E-state index in [4.69, 9.17) is 0 Å². The Bertz CT molecular complexity index is 850. The highest BCUT2D eigenvalue weighted by atomic mass is 16.3. The van der Waals surface area contributed by atoms with Gasteiger partial charge in [0.1, 0.15) is 0 Å². The van der Waals surface area contributed by atoms with Crippen molar-refractivity contribution in [3.05, 3.63) is 48.6 Å². The van der Waals surface area contributed by atoms with Crippen molar-refractivity contribution in [3.8, 4) is 0 Å². The maximum absolute atomic E-state index is 12.4. The molecule has 4 N–H and O–H groups in total. The third-order valence-corrected chi connectivity index (χ3v) is 10.0. The summed E-state index contributed by atoms with van der Waals surface area (Å²) in [5.41, 5.74) is 0. The topological polar surface area (TPSA) is 89.8 Å². The van der Waals surface area contributed by atoms with Crippen LogP contribution >= 0.6 is 0 Å². The molecule has 0 saturated carbocycles. The van der Waals surface area contributed by atoms with Gasteiger partial charge in [-0.05, 0) is 64.2 Å². The zero-order chi connectivity index (χ0) is 38.0. The van der Waals surface area contributed by atoms with E-state index in [1.807, 2.05) is 6.08 Å². The first-order valence-corrected chi connectivity index (χ1v) is 22.4. The van der Waals surface area contributed by atoms with Crippen LogP contribution in [-0.4, -0.2) is 46.1 Å². The molecule has 0 aromatic heterocycles. The van der Waals surface area contributed by atoms with Crippen molar-refractivity contribution in [3.63, 3.8) is 0 Å². The summed E-state index contributed by atoms with van der Waals surface area (Å²) in [6.45, 7) is 4.12. The lowest BCUT2D eigenvalue weighted by Gasteiger charge is -2.21. The molecule has 0 bridgehead atoms. The quantitative estimate of drug-likeness (QED) is 0.0373. The molecule has 0 aliphatic rings. The number of hydrogen-bond acceptors (Lipinski definition) is 4. The summed E-state index contributed by atoms with van der Waals surface area (Å²) >= 11 is 0. The number of carbonyl (C=O) groups excluding carboxylic acids is 1. The van der Waals surface area contributed by atoms with E-state index in [-0.39, 0.29) is 18.9 Å². The summed E-state index contributed by atoms with van der Waals surface area (Å²) in [5, 5.41) is 33.1. The van der Waals surface area contributed by atoms with E-state index in [2.05, 4.69) is 55.6 Å². The minimum Gasteiger partial charge on any atom is -0.394 e. The van der Waals surface area contributed by atoms with E-state index in [0.717, 1.165) is 44.9 Å². The maximum atomic E-state index is 12.4. The van der Waals surface area contributed by atoms with Gasteiger partial charge in [0.25, 0.3) is 0 Å². The van der Waals surface area contributed by atoms with Crippen LogP contribution in [0.4, 0.5) is 0 Å². The van der Waals surface area contributed by atoms with Gasteiger partial charge in [0.05, 0.1) is 31.3 Å². The van der Waals surface area contributed by atoms with E-state index in [1.165, 1.54) is 148 Å². The standard InChI is InChI=1S/C47H87NO4/c1-3-5-7-9-11-13-15-16-17-18-19-20-21-22-23-24-25-26-27-28-29-31-32-34-36-38-40-44(50)42-47(52)48-45(43-49)46(51)41-39-37-35-33-30-14-12-10-8-6-4-2/h8,10,22-23,30,33,39,41,44-46,49-51H,3-7,9,11-21,24-29,31-32,34-38,40,42-43H2,1-2H3,(H,48,52)/b10-8+,23-22-,33-30+,41-39+. The zero-order valence-corrected chi connectivity index (χ0v) is 34.4. The summed E-state index contributed by atoms with van der Waals surface area (Å²) in [5.74, 6) is -0.333. The lowest BCUT2D eigenvalue weighted by atomic mass is 10.0. The highest BCUT2D eigenvalue weighted by Gasteiger charge is 2.20. The number of allylic oxidation sites excluding steroid dienone is 7. The summed E-state index contributed by atoms with van der Waals surface area (Å²) in [6, 6.07) is -0.767. The molecule has 0 saturated heterocycles. The molecule has 0 heterocycles. The molecule has 0 aromatic rings. The Morgan fingerprint density at radius 1 is 0.481 bits per heavy atom. The molecule has 5 nitrogen and oxygen atoms in total. The van der Waals surface area contributed by atoms with Gasteiger partial charge in [-0.1, -0.05) is 197 Å². The molecule has 3 atom stereocenters. The van der Waals surface area contributed by atoms with Gasteiger partial charge in [-0.3, -0.25) is 4.79 Å². The summed E-state index contributed by atoms with van der Waals surface area (Å²) in [6.07, 6.45) is 54.2. The monoisotopic (exact) mass is 730 g/mol. The average molecular weight is 730 g/mol.